The molecule has 1 atom stereocenters. The number of carbonyl (C=O) groups is 1. The Morgan fingerprint density at radius 3 is 2.97 bits per heavy atom. The second-order valence-electron chi connectivity index (χ2n) is 6.80. The molecule has 2 heterocycles. The number of nitrogens with one attached hydrogen (secondary N) is 2. The lowest BCUT2D eigenvalue weighted by atomic mass is 10.1. The van der Waals surface area contributed by atoms with Crippen molar-refractivity contribution in [2.75, 3.05) is 6.61 Å². The predicted octanol–water partition coefficient (Wildman–Crippen LogP) is 3.56. The molecule has 29 heavy (non-hydrogen) atoms. The van der Waals surface area contributed by atoms with Crippen molar-refractivity contribution in [1.29, 1.82) is 0 Å². The largest absolute Gasteiger partial charge is 0.493 e. The number of fused-ring (bicyclic) bond motifs is 1. The smallest absolute Gasteiger partial charge is 0.289 e. The third-order valence-electron chi connectivity index (χ3n) is 4.59. The maximum Gasteiger partial charge on any atom is 0.289 e. The first kappa shape index (κ1) is 18.7. The van der Waals surface area contributed by atoms with Gasteiger partial charge in [0.15, 0.2) is 0 Å². The maximum absolute atomic E-state index is 12.4. The highest BCUT2D eigenvalue weighted by molar-refractivity contribution is 5.94. The lowest BCUT2D eigenvalue weighted by Crippen LogP contribution is -2.18. The summed E-state index contributed by atoms with van der Waals surface area (Å²) in [7, 11) is 0. The molecule has 148 valence electrons. The highest BCUT2D eigenvalue weighted by Gasteiger charge is 2.21. The van der Waals surface area contributed by atoms with Gasteiger partial charge in [-0.25, -0.2) is 5.43 Å². The summed E-state index contributed by atoms with van der Waals surface area (Å²) in [5.74, 6) is 1.17. The fraction of sp³-hybridized carbons (Fsp3) is 0.227. The second-order valence-corrected chi connectivity index (χ2v) is 6.80. The van der Waals surface area contributed by atoms with Gasteiger partial charge in [0.05, 0.1) is 18.5 Å². The van der Waals surface area contributed by atoms with Crippen LogP contribution in [0.3, 0.4) is 0 Å². The molecular weight excluding hydrogens is 368 g/mol. The molecule has 2 N–H and O–H groups in total. The first-order valence-electron chi connectivity index (χ1n) is 9.54. The molecule has 3 aromatic rings. The number of hydrazone groups is 1. The fourth-order valence-corrected chi connectivity index (χ4v) is 3.25. The van der Waals surface area contributed by atoms with Crippen molar-refractivity contribution in [1.82, 2.24) is 15.6 Å². The fourth-order valence-electron chi connectivity index (χ4n) is 3.25. The van der Waals surface area contributed by atoms with Gasteiger partial charge in [-0.2, -0.15) is 10.2 Å². The Morgan fingerprint density at radius 2 is 2.17 bits per heavy atom. The third kappa shape index (κ3) is 4.13. The highest BCUT2D eigenvalue weighted by atomic mass is 16.5. The second kappa shape index (κ2) is 8.18. The quantitative estimate of drug-likeness (QED) is 0.498. The Labute approximate surface area is 168 Å². The van der Waals surface area contributed by atoms with Crippen LogP contribution in [0.5, 0.6) is 11.5 Å². The topological polar surface area (TPSA) is 88.6 Å². The van der Waals surface area contributed by atoms with Crippen molar-refractivity contribution in [2.24, 2.45) is 5.10 Å². The summed E-state index contributed by atoms with van der Waals surface area (Å²) < 4.78 is 11.5. The van der Waals surface area contributed by atoms with Gasteiger partial charge in [0.1, 0.15) is 23.3 Å². The van der Waals surface area contributed by atoms with E-state index in [4.69, 9.17) is 9.47 Å². The first-order valence-corrected chi connectivity index (χ1v) is 9.54. The molecule has 1 amide bonds. The number of rotatable bonds is 6. The Balaban J connectivity index is 1.47. The van der Waals surface area contributed by atoms with Crippen LogP contribution in [0.2, 0.25) is 0 Å². The maximum atomic E-state index is 12.4. The predicted molar refractivity (Wildman–Crippen MR) is 110 cm³/mol. The van der Waals surface area contributed by atoms with E-state index in [0.29, 0.717) is 18.0 Å². The molecule has 7 nitrogen and oxygen atoms in total. The van der Waals surface area contributed by atoms with E-state index in [-0.39, 0.29) is 12.0 Å². The SMILES string of the molecule is CCOc1cc2c(cc1/C=N\NC(=O)c1cc(-c3ccccc3)n[nH]1)O[C@H](C)C2. The van der Waals surface area contributed by atoms with Crippen LogP contribution in [0.1, 0.15) is 35.5 Å². The molecule has 0 spiro atoms. The van der Waals surface area contributed by atoms with E-state index < -0.39 is 0 Å². The van der Waals surface area contributed by atoms with Gasteiger partial charge in [-0.15, -0.1) is 0 Å². The first-order chi connectivity index (χ1) is 14.1. The summed E-state index contributed by atoms with van der Waals surface area (Å²) >= 11 is 0. The number of H-pyrrole nitrogens is 1. The minimum atomic E-state index is -0.375. The van der Waals surface area contributed by atoms with Crippen LogP contribution in [0.4, 0.5) is 0 Å². The molecule has 0 saturated carbocycles. The summed E-state index contributed by atoms with van der Waals surface area (Å²) in [6.45, 7) is 4.50. The molecule has 0 fully saturated rings. The molecular formula is C22H22N4O3. The summed E-state index contributed by atoms with van der Waals surface area (Å²) in [4.78, 5) is 12.4. The van der Waals surface area contributed by atoms with Crippen LogP contribution in [0.25, 0.3) is 11.3 Å². The summed E-state index contributed by atoms with van der Waals surface area (Å²) in [6, 6.07) is 15.2. The normalized spacial score (nSPS) is 15.2. The van der Waals surface area contributed by atoms with Gasteiger partial charge in [-0.3, -0.25) is 9.89 Å². The van der Waals surface area contributed by atoms with Gasteiger partial charge >= 0.3 is 0 Å². The standard InChI is InChI=1S/C22H22N4O3/c1-3-28-20-10-16-9-14(2)29-21(16)11-17(20)13-23-26-22(27)19-12-18(24-25-19)15-7-5-4-6-8-15/h4-8,10-14H,3,9H2,1-2H3,(H,24,25)(H,26,27)/b23-13-/t14-/m1/s1. The van der Waals surface area contributed by atoms with Crippen molar-refractivity contribution in [3.05, 3.63) is 65.4 Å². The molecule has 0 radical (unpaired) electrons. The van der Waals surface area contributed by atoms with E-state index in [1.165, 1.54) is 0 Å². The van der Waals surface area contributed by atoms with E-state index in [1.54, 1.807) is 12.3 Å². The van der Waals surface area contributed by atoms with Crippen LogP contribution in [0, 0.1) is 0 Å². The number of amides is 1. The third-order valence-corrected chi connectivity index (χ3v) is 4.59. The number of hydrogen-bond acceptors (Lipinski definition) is 5. The molecule has 1 aliphatic heterocycles. The Hall–Kier alpha value is -3.61. The van der Waals surface area contributed by atoms with Crippen molar-refractivity contribution in [3.8, 4) is 22.8 Å². The van der Waals surface area contributed by atoms with E-state index in [1.807, 2.05) is 56.3 Å². The number of ether oxygens (including phenoxy) is 2. The lowest BCUT2D eigenvalue weighted by molar-refractivity contribution is 0.0950. The minimum Gasteiger partial charge on any atom is -0.493 e. The van der Waals surface area contributed by atoms with E-state index in [0.717, 1.165) is 34.6 Å². The van der Waals surface area contributed by atoms with Gasteiger partial charge in [0.25, 0.3) is 5.91 Å². The lowest BCUT2D eigenvalue weighted by Gasteiger charge is -2.09. The van der Waals surface area contributed by atoms with Crippen molar-refractivity contribution in [3.63, 3.8) is 0 Å². The number of benzene rings is 2. The van der Waals surface area contributed by atoms with Crippen LogP contribution >= 0.6 is 0 Å². The van der Waals surface area contributed by atoms with Crippen LogP contribution in [-0.4, -0.2) is 35.0 Å². The zero-order chi connectivity index (χ0) is 20.2. The molecule has 1 aliphatic rings. The average Bonchev–Trinajstić information content (AvgIpc) is 3.35. The van der Waals surface area contributed by atoms with Crippen LogP contribution in [-0.2, 0) is 6.42 Å². The zero-order valence-electron chi connectivity index (χ0n) is 16.3. The molecule has 0 saturated heterocycles. The number of aromatic amines is 1. The molecule has 0 unspecified atom stereocenters. The molecule has 7 heteroatoms. The molecule has 0 bridgehead atoms. The van der Waals surface area contributed by atoms with Gasteiger partial charge in [-0.1, -0.05) is 30.3 Å². The van der Waals surface area contributed by atoms with Crippen molar-refractivity contribution < 1.29 is 14.3 Å². The van der Waals surface area contributed by atoms with Crippen molar-refractivity contribution >= 4 is 12.1 Å². The molecule has 2 aromatic carbocycles. The summed E-state index contributed by atoms with van der Waals surface area (Å²) in [5, 5.41) is 11.0. The summed E-state index contributed by atoms with van der Waals surface area (Å²) in [6.07, 6.45) is 2.56. The molecule has 0 aliphatic carbocycles. The number of nitrogens with zero attached hydrogens (tertiary/aromatic N) is 2. The van der Waals surface area contributed by atoms with Gasteiger partial charge in [0.2, 0.25) is 0 Å². The highest BCUT2D eigenvalue weighted by Crippen LogP contribution is 2.34. The van der Waals surface area contributed by atoms with Crippen LogP contribution in [0.15, 0.2) is 53.6 Å². The van der Waals surface area contributed by atoms with Gasteiger partial charge < -0.3 is 9.47 Å². The van der Waals surface area contributed by atoms with Crippen molar-refractivity contribution in [2.45, 2.75) is 26.4 Å². The molecule has 1 aromatic heterocycles. The summed E-state index contributed by atoms with van der Waals surface area (Å²) in [5.41, 5.74) is 6.34. The minimum absolute atomic E-state index is 0.144. The Kier molecular flexibility index (Phi) is 5.29. The molecule has 4 rings (SSSR count). The zero-order valence-corrected chi connectivity index (χ0v) is 16.3. The monoisotopic (exact) mass is 390 g/mol. The Morgan fingerprint density at radius 1 is 1.34 bits per heavy atom. The van der Waals surface area contributed by atoms with Gasteiger partial charge in [0, 0.05) is 23.1 Å². The van der Waals surface area contributed by atoms with E-state index >= 15 is 0 Å². The Bertz CT molecular complexity index is 1040. The van der Waals surface area contributed by atoms with Crippen LogP contribution < -0.4 is 14.9 Å². The van der Waals surface area contributed by atoms with E-state index in [9.17, 15) is 4.79 Å². The number of carbonyl (C=O) groups excluding carboxylic acids is 1. The number of hydrogen-bond donors (Lipinski definition) is 2. The average molecular weight is 390 g/mol. The van der Waals surface area contributed by atoms with Gasteiger partial charge in [-0.05, 0) is 32.0 Å². The number of aromatic nitrogens is 2. The van der Waals surface area contributed by atoms with E-state index in [2.05, 4.69) is 20.7 Å².